The fourth-order valence-electron chi connectivity index (χ4n) is 1.25. The summed E-state index contributed by atoms with van der Waals surface area (Å²) in [5.74, 6) is -1.47. The van der Waals surface area contributed by atoms with Crippen molar-refractivity contribution in [2.45, 2.75) is 6.10 Å². The van der Waals surface area contributed by atoms with Crippen molar-refractivity contribution in [2.75, 3.05) is 13.1 Å². The van der Waals surface area contributed by atoms with E-state index in [1.54, 1.807) is 6.08 Å². The highest BCUT2D eigenvalue weighted by molar-refractivity contribution is 5.22. The maximum atomic E-state index is 13.2. The zero-order valence-corrected chi connectivity index (χ0v) is 8.21. The molecule has 0 fully saturated rings. The van der Waals surface area contributed by atoms with E-state index in [0.29, 0.717) is 6.54 Å². The lowest BCUT2D eigenvalue weighted by atomic mass is 10.1. The SMILES string of the molecule is C=CCNCC(O)c1c(F)cccc1F. The molecule has 1 aromatic carbocycles. The predicted octanol–water partition coefficient (Wildman–Crippen LogP) is 1.77. The Balaban J connectivity index is 2.72. The molecule has 0 aliphatic heterocycles. The highest BCUT2D eigenvalue weighted by Crippen LogP contribution is 2.19. The second-order valence-electron chi connectivity index (χ2n) is 3.10. The first-order valence-corrected chi connectivity index (χ1v) is 4.60. The molecule has 2 N–H and O–H groups in total. The molecule has 0 amide bonds. The lowest BCUT2D eigenvalue weighted by Gasteiger charge is -2.12. The van der Waals surface area contributed by atoms with E-state index in [1.807, 2.05) is 0 Å². The zero-order chi connectivity index (χ0) is 11.3. The number of halogens is 2. The van der Waals surface area contributed by atoms with Gasteiger partial charge in [-0.25, -0.2) is 8.78 Å². The van der Waals surface area contributed by atoms with Crippen LogP contribution in [-0.4, -0.2) is 18.2 Å². The molecule has 0 radical (unpaired) electrons. The van der Waals surface area contributed by atoms with E-state index in [-0.39, 0.29) is 12.1 Å². The van der Waals surface area contributed by atoms with Gasteiger partial charge >= 0.3 is 0 Å². The van der Waals surface area contributed by atoms with Gasteiger partial charge in [0.1, 0.15) is 11.6 Å². The summed E-state index contributed by atoms with van der Waals surface area (Å²) in [5, 5.41) is 12.3. The maximum absolute atomic E-state index is 13.2. The van der Waals surface area contributed by atoms with Gasteiger partial charge in [-0.3, -0.25) is 0 Å². The number of nitrogens with one attached hydrogen (secondary N) is 1. The molecule has 0 heterocycles. The van der Waals surface area contributed by atoms with Gasteiger partial charge in [-0.2, -0.15) is 0 Å². The Bertz CT molecular complexity index is 321. The minimum atomic E-state index is -1.19. The molecule has 15 heavy (non-hydrogen) atoms. The van der Waals surface area contributed by atoms with Crippen molar-refractivity contribution >= 4 is 0 Å². The third kappa shape index (κ3) is 3.11. The van der Waals surface area contributed by atoms with Crippen molar-refractivity contribution in [2.24, 2.45) is 0 Å². The zero-order valence-electron chi connectivity index (χ0n) is 8.21. The molecule has 1 atom stereocenters. The Morgan fingerprint density at radius 2 is 2.00 bits per heavy atom. The van der Waals surface area contributed by atoms with Crippen LogP contribution in [0, 0.1) is 11.6 Å². The predicted molar refractivity (Wildman–Crippen MR) is 54.4 cm³/mol. The minimum absolute atomic E-state index is 0.0872. The van der Waals surface area contributed by atoms with Gasteiger partial charge in [0.25, 0.3) is 0 Å². The molecule has 0 aromatic heterocycles. The van der Waals surface area contributed by atoms with Crippen LogP contribution in [0.1, 0.15) is 11.7 Å². The first-order chi connectivity index (χ1) is 7.16. The monoisotopic (exact) mass is 213 g/mol. The van der Waals surface area contributed by atoms with Crippen LogP contribution >= 0.6 is 0 Å². The van der Waals surface area contributed by atoms with E-state index in [9.17, 15) is 13.9 Å². The van der Waals surface area contributed by atoms with Crippen molar-refractivity contribution in [3.8, 4) is 0 Å². The Labute approximate surface area is 87.2 Å². The molecule has 82 valence electrons. The smallest absolute Gasteiger partial charge is 0.131 e. The van der Waals surface area contributed by atoms with Crippen LogP contribution < -0.4 is 5.32 Å². The molecule has 0 saturated carbocycles. The third-order valence-electron chi connectivity index (χ3n) is 1.96. The third-order valence-corrected chi connectivity index (χ3v) is 1.96. The van der Waals surface area contributed by atoms with E-state index in [1.165, 1.54) is 6.07 Å². The fourth-order valence-corrected chi connectivity index (χ4v) is 1.25. The average molecular weight is 213 g/mol. The molecule has 0 spiro atoms. The number of rotatable bonds is 5. The van der Waals surface area contributed by atoms with Gasteiger partial charge in [0.2, 0.25) is 0 Å². The van der Waals surface area contributed by atoms with Crippen molar-refractivity contribution in [1.82, 2.24) is 5.32 Å². The van der Waals surface area contributed by atoms with Gasteiger partial charge in [-0.05, 0) is 12.1 Å². The Hall–Kier alpha value is -1.26. The lowest BCUT2D eigenvalue weighted by molar-refractivity contribution is 0.166. The summed E-state index contributed by atoms with van der Waals surface area (Å²) in [6, 6.07) is 3.50. The highest BCUT2D eigenvalue weighted by Gasteiger charge is 2.16. The van der Waals surface area contributed by atoms with Crippen LogP contribution in [-0.2, 0) is 0 Å². The standard InChI is InChI=1S/C11H13F2NO/c1-2-6-14-7-10(15)11-8(12)4-3-5-9(11)13/h2-5,10,14-15H,1,6-7H2. The normalized spacial score (nSPS) is 12.5. The lowest BCUT2D eigenvalue weighted by Crippen LogP contribution is -2.22. The second kappa shape index (κ2) is 5.58. The first kappa shape index (κ1) is 11.8. The van der Waals surface area contributed by atoms with Gasteiger partial charge < -0.3 is 10.4 Å². The minimum Gasteiger partial charge on any atom is -0.387 e. The molecular weight excluding hydrogens is 200 g/mol. The van der Waals surface area contributed by atoms with E-state index in [2.05, 4.69) is 11.9 Å². The summed E-state index contributed by atoms with van der Waals surface area (Å²) in [4.78, 5) is 0. The maximum Gasteiger partial charge on any atom is 0.131 e. The van der Waals surface area contributed by atoms with Crippen LogP contribution in [0.3, 0.4) is 0 Å². The van der Waals surface area contributed by atoms with Crippen LogP contribution in [0.25, 0.3) is 0 Å². The molecule has 0 aliphatic rings. The average Bonchev–Trinajstić information content (AvgIpc) is 2.18. The van der Waals surface area contributed by atoms with Crippen molar-refractivity contribution in [3.05, 3.63) is 48.1 Å². The molecule has 4 heteroatoms. The number of benzene rings is 1. The largest absolute Gasteiger partial charge is 0.387 e. The number of hydrogen-bond donors (Lipinski definition) is 2. The van der Waals surface area contributed by atoms with E-state index >= 15 is 0 Å². The Morgan fingerprint density at radius 3 is 2.53 bits per heavy atom. The van der Waals surface area contributed by atoms with Gasteiger partial charge in [0.05, 0.1) is 11.7 Å². The number of hydrogen-bond acceptors (Lipinski definition) is 2. The summed E-state index contributed by atoms with van der Waals surface area (Å²) in [6.07, 6.45) is 0.413. The van der Waals surface area contributed by atoms with Crippen molar-refractivity contribution < 1.29 is 13.9 Å². The molecule has 0 bridgehead atoms. The van der Waals surface area contributed by atoms with Gasteiger partial charge in [-0.1, -0.05) is 12.1 Å². The molecule has 0 saturated heterocycles. The van der Waals surface area contributed by atoms with Crippen LogP contribution in [0.5, 0.6) is 0 Å². The van der Waals surface area contributed by atoms with Crippen LogP contribution in [0.2, 0.25) is 0 Å². The quantitative estimate of drug-likeness (QED) is 0.577. The first-order valence-electron chi connectivity index (χ1n) is 4.60. The van der Waals surface area contributed by atoms with Gasteiger partial charge in [-0.15, -0.1) is 6.58 Å². The molecular formula is C11H13F2NO. The molecule has 2 nitrogen and oxygen atoms in total. The summed E-state index contributed by atoms with van der Waals surface area (Å²) < 4.78 is 26.3. The number of aliphatic hydroxyl groups is 1. The fraction of sp³-hybridized carbons (Fsp3) is 0.273. The summed E-state index contributed by atoms with van der Waals surface area (Å²) in [5.41, 5.74) is -0.297. The van der Waals surface area contributed by atoms with Gasteiger partial charge in [0, 0.05) is 13.1 Å². The van der Waals surface area contributed by atoms with Crippen LogP contribution in [0.15, 0.2) is 30.9 Å². The number of aliphatic hydroxyl groups excluding tert-OH is 1. The van der Waals surface area contributed by atoms with Crippen molar-refractivity contribution in [1.29, 1.82) is 0 Å². The topological polar surface area (TPSA) is 32.3 Å². The molecule has 0 aliphatic carbocycles. The summed E-state index contributed by atoms with van der Waals surface area (Å²) in [7, 11) is 0. The van der Waals surface area contributed by atoms with Crippen molar-refractivity contribution in [3.63, 3.8) is 0 Å². The summed E-state index contributed by atoms with van der Waals surface area (Å²) in [6.45, 7) is 4.04. The van der Waals surface area contributed by atoms with Crippen LogP contribution in [0.4, 0.5) is 8.78 Å². The molecule has 1 unspecified atom stereocenters. The van der Waals surface area contributed by atoms with E-state index in [4.69, 9.17) is 0 Å². The van der Waals surface area contributed by atoms with E-state index < -0.39 is 17.7 Å². The van der Waals surface area contributed by atoms with E-state index in [0.717, 1.165) is 12.1 Å². The molecule has 1 rings (SSSR count). The molecule has 1 aromatic rings. The Morgan fingerprint density at radius 1 is 1.40 bits per heavy atom. The highest BCUT2D eigenvalue weighted by atomic mass is 19.1. The van der Waals surface area contributed by atoms with Gasteiger partial charge in [0.15, 0.2) is 0 Å². The summed E-state index contributed by atoms with van der Waals surface area (Å²) >= 11 is 0. The Kier molecular flexibility index (Phi) is 4.39. The second-order valence-corrected chi connectivity index (χ2v) is 3.10.